The Labute approximate surface area is 217 Å². The molecule has 0 spiro atoms. The van der Waals surface area contributed by atoms with Crippen LogP contribution in [0.15, 0.2) is 83.8 Å². The molecule has 3 aromatic carbocycles. The molecule has 1 amide bonds. The molecule has 0 radical (unpaired) electrons. The van der Waals surface area contributed by atoms with Gasteiger partial charge in [0.1, 0.15) is 4.88 Å². The van der Waals surface area contributed by atoms with Gasteiger partial charge in [0, 0.05) is 21.8 Å². The monoisotopic (exact) mass is 541 g/mol. The fourth-order valence-corrected chi connectivity index (χ4v) is 5.25. The topological polar surface area (TPSA) is 114 Å². The smallest absolute Gasteiger partial charge is 0.350 e. The van der Waals surface area contributed by atoms with E-state index in [0.717, 1.165) is 16.9 Å². The van der Waals surface area contributed by atoms with Crippen molar-refractivity contribution in [2.75, 3.05) is 16.6 Å². The van der Waals surface area contributed by atoms with Gasteiger partial charge in [0.15, 0.2) is 5.13 Å². The van der Waals surface area contributed by atoms with Gasteiger partial charge < -0.3 is 4.74 Å². The molecule has 0 saturated carbocycles. The Hall–Kier alpha value is -3.73. The highest BCUT2D eigenvalue weighted by molar-refractivity contribution is 7.92. The van der Waals surface area contributed by atoms with Gasteiger partial charge in [-0.3, -0.25) is 14.8 Å². The van der Waals surface area contributed by atoms with Crippen LogP contribution in [0.5, 0.6) is 0 Å². The maximum atomic E-state index is 12.8. The predicted octanol–water partition coefficient (Wildman–Crippen LogP) is 5.69. The van der Waals surface area contributed by atoms with Crippen LogP contribution in [0.25, 0.3) is 11.3 Å². The summed E-state index contributed by atoms with van der Waals surface area (Å²) in [5, 5.41) is 3.35. The first-order valence-corrected chi connectivity index (χ1v) is 13.4. The van der Waals surface area contributed by atoms with Crippen molar-refractivity contribution >= 4 is 55.7 Å². The summed E-state index contributed by atoms with van der Waals surface area (Å²) in [5.41, 5.74) is 1.70. The van der Waals surface area contributed by atoms with E-state index in [1.807, 2.05) is 30.3 Å². The van der Waals surface area contributed by atoms with Gasteiger partial charge in [-0.1, -0.05) is 53.3 Å². The van der Waals surface area contributed by atoms with Crippen LogP contribution in [0.4, 0.5) is 10.8 Å². The van der Waals surface area contributed by atoms with Gasteiger partial charge in [-0.25, -0.2) is 18.2 Å². The number of carbonyl (C=O) groups is 2. The van der Waals surface area contributed by atoms with E-state index in [1.54, 1.807) is 6.92 Å². The van der Waals surface area contributed by atoms with Crippen LogP contribution in [-0.2, 0) is 14.8 Å². The summed E-state index contributed by atoms with van der Waals surface area (Å²) < 4.78 is 32.7. The lowest BCUT2D eigenvalue weighted by Crippen LogP contribution is -2.14. The van der Waals surface area contributed by atoms with E-state index in [-0.39, 0.29) is 32.8 Å². The van der Waals surface area contributed by atoms with Crippen molar-refractivity contribution in [1.82, 2.24) is 4.98 Å². The molecule has 4 rings (SSSR count). The van der Waals surface area contributed by atoms with Crippen LogP contribution >= 0.6 is 22.9 Å². The number of sulfonamides is 1. The number of rotatable bonds is 8. The van der Waals surface area contributed by atoms with Gasteiger partial charge in [0.05, 0.1) is 17.2 Å². The number of hydrogen-bond acceptors (Lipinski definition) is 7. The number of hydrogen-bond donors (Lipinski definition) is 2. The van der Waals surface area contributed by atoms with Crippen molar-refractivity contribution in [1.29, 1.82) is 0 Å². The minimum absolute atomic E-state index is 0.0594. The minimum atomic E-state index is -3.81. The SMILES string of the molecule is CCOC(=O)c1sc(NC(=O)c2ccc(NS(=O)(=O)c3ccc(Cl)cc3)cc2)nc1-c1ccccc1. The van der Waals surface area contributed by atoms with Crippen molar-refractivity contribution in [3.05, 3.63) is 94.3 Å². The van der Waals surface area contributed by atoms with Crippen LogP contribution in [-0.4, -0.2) is 31.9 Å². The number of amides is 1. The van der Waals surface area contributed by atoms with E-state index in [1.165, 1.54) is 48.5 Å². The molecule has 0 saturated heterocycles. The first-order chi connectivity index (χ1) is 17.3. The van der Waals surface area contributed by atoms with Gasteiger partial charge in [-0.2, -0.15) is 0 Å². The molecular formula is C25H20ClN3O5S2. The fourth-order valence-electron chi connectivity index (χ4n) is 3.19. The Bertz CT molecular complexity index is 1490. The highest BCUT2D eigenvalue weighted by atomic mass is 35.5. The predicted molar refractivity (Wildman–Crippen MR) is 140 cm³/mol. The first kappa shape index (κ1) is 25.4. The van der Waals surface area contributed by atoms with E-state index >= 15 is 0 Å². The summed E-state index contributed by atoms with van der Waals surface area (Å²) >= 11 is 6.83. The highest BCUT2D eigenvalue weighted by Crippen LogP contribution is 2.32. The number of benzene rings is 3. The molecule has 0 atom stereocenters. The summed E-state index contributed by atoms with van der Waals surface area (Å²) in [4.78, 5) is 30.0. The zero-order chi connectivity index (χ0) is 25.7. The zero-order valence-corrected chi connectivity index (χ0v) is 21.3. The third kappa shape index (κ3) is 5.91. The first-order valence-electron chi connectivity index (χ1n) is 10.7. The number of nitrogens with one attached hydrogen (secondary N) is 2. The normalized spacial score (nSPS) is 11.1. The average molecular weight is 542 g/mol. The molecule has 184 valence electrons. The molecule has 0 aliphatic carbocycles. The Morgan fingerprint density at radius 2 is 1.64 bits per heavy atom. The van der Waals surface area contributed by atoms with Gasteiger partial charge in [-0.15, -0.1) is 0 Å². The number of esters is 1. The van der Waals surface area contributed by atoms with E-state index in [4.69, 9.17) is 16.3 Å². The molecule has 2 N–H and O–H groups in total. The van der Waals surface area contributed by atoms with E-state index < -0.39 is 21.9 Å². The van der Waals surface area contributed by atoms with Crippen LogP contribution < -0.4 is 10.0 Å². The molecule has 0 fully saturated rings. The van der Waals surface area contributed by atoms with E-state index in [0.29, 0.717) is 10.7 Å². The highest BCUT2D eigenvalue weighted by Gasteiger charge is 2.22. The molecule has 0 bridgehead atoms. The molecule has 1 aromatic heterocycles. The third-order valence-electron chi connectivity index (χ3n) is 4.88. The van der Waals surface area contributed by atoms with E-state index in [2.05, 4.69) is 15.0 Å². The Kier molecular flexibility index (Phi) is 7.68. The Morgan fingerprint density at radius 1 is 0.972 bits per heavy atom. The summed E-state index contributed by atoms with van der Waals surface area (Å²) in [6.45, 7) is 1.92. The molecule has 1 heterocycles. The zero-order valence-electron chi connectivity index (χ0n) is 18.9. The molecule has 0 aliphatic rings. The summed E-state index contributed by atoms with van der Waals surface area (Å²) in [7, 11) is -3.81. The summed E-state index contributed by atoms with van der Waals surface area (Å²) in [6, 6.07) is 20.8. The molecule has 4 aromatic rings. The second-order valence-electron chi connectivity index (χ2n) is 7.37. The van der Waals surface area contributed by atoms with Gasteiger partial charge in [0.25, 0.3) is 15.9 Å². The third-order valence-corrected chi connectivity index (χ3v) is 7.48. The average Bonchev–Trinajstić information content (AvgIpc) is 3.29. The standard InChI is InChI=1S/C25H20ClN3O5S2/c1-2-34-24(31)22-21(16-6-4-3-5-7-16)27-25(35-22)28-23(30)17-8-12-19(13-9-17)29-36(32,33)20-14-10-18(26)11-15-20/h3-15,29H,2H2,1H3,(H,27,28,30). The van der Waals surface area contributed by atoms with Crippen LogP contribution in [0.1, 0.15) is 27.0 Å². The number of carbonyl (C=O) groups excluding carboxylic acids is 2. The lowest BCUT2D eigenvalue weighted by Gasteiger charge is -2.09. The van der Waals surface area contributed by atoms with Crippen molar-refractivity contribution < 1.29 is 22.7 Å². The van der Waals surface area contributed by atoms with Gasteiger partial charge >= 0.3 is 5.97 Å². The van der Waals surface area contributed by atoms with Gasteiger partial charge in [0.2, 0.25) is 0 Å². The van der Waals surface area contributed by atoms with Crippen molar-refractivity contribution in [3.63, 3.8) is 0 Å². The van der Waals surface area contributed by atoms with Crippen LogP contribution in [0, 0.1) is 0 Å². The summed E-state index contributed by atoms with van der Waals surface area (Å²) in [5.74, 6) is -0.988. The second kappa shape index (κ2) is 10.9. The molecule has 8 nitrogen and oxygen atoms in total. The maximum Gasteiger partial charge on any atom is 0.350 e. The van der Waals surface area contributed by atoms with Crippen molar-refractivity contribution in [2.24, 2.45) is 0 Å². The van der Waals surface area contributed by atoms with Crippen molar-refractivity contribution in [2.45, 2.75) is 11.8 Å². The number of aromatic nitrogens is 1. The molecule has 11 heteroatoms. The fraction of sp³-hybridized carbons (Fsp3) is 0.0800. The van der Waals surface area contributed by atoms with E-state index in [9.17, 15) is 18.0 Å². The van der Waals surface area contributed by atoms with Gasteiger partial charge in [-0.05, 0) is 55.5 Å². The van der Waals surface area contributed by atoms with Crippen molar-refractivity contribution in [3.8, 4) is 11.3 Å². The quantitative estimate of drug-likeness (QED) is 0.277. The Morgan fingerprint density at radius 3 is 2.28 bits per heavy atom. The number of thiazole rings is 1. The second-order valence-corrected chi connectivity index (χ2v) is 10.5. The number of nitrogens with zero attached hydrogens (tertiary/aromatic N) is 1. The lowest BCUT2D eigenvalue weighted by molar-refractivity contribution is 0.0532. The molecule has 36 heavy (non-hydrogen) atoms. The number of anilines is 2. The lowest BCUT2D eigenvalue weighted by atomic mass is 10.1. The minimum Gasteiger partial charge on any atom is -0.462 e. The molecular weight excluding hydrogens is 522 g/mol. The Balaban J connectivity index is 1.50. The largest absolute Gasteiger partial charge is 0.462 e. The number of ether oxygens (including phenoxy) is 1. The van der Waals surface area contributed by atoms with Crippen LogP contribution in [0.3, 0.4) is 0 Å². The van der Waals surface area contributed by atoms with Crippen LogP contribution in [0.2, 0.25) is 5.02 Å². The molecule has 0 unspecified atom stereocenters. The number of halogens is 1. The molecule has 0 aliphatic heterocycles. The maximum absolute atomic E-state index is 12.8. The summed E-state index contributed by atoms with van der Waals surface area (Å²) in [6.07, 6.45) is 0.